The molecule has 2 amide bonds. The molecule has 1 aliphatic carbocycles. The average molecular weight is 549 g/mol. The summed E-state index contributed by atoms with van der Waals surface area (Å²) in [4.78, 5) is 29.4. The van der Waals surface area contributed by atoms with E-state index >= 15 is 0 Å². The van der Waals surface area contributed by atoms with Crippen LogP contribution < -0.4 is 14.8 Å². The zero-order valence-corrected chi connectivity index (χ0v) is 23.5. The van der Waals surface area contributed by atoms with E-state index in [1.54, 1.807) is 19.1 Å². The number of methoxy groups -OCH3 is 2. The van der Waals surface area contributed by atoms with Gasteiger partial charge in [0.05, 0.1) is 14.2 Å². The fourth-order valence-electron chi connectivity index (χ4n) is 5.14. The van der Waals surface area contributed by atoms with E-state index in [1.165, 1.54) is 0 Å². The number of hydrogen-bond acceptors (Lipinski definition) is 4. The van der Waals surface area contributed by atoms with E-state index in [2.05, 4.69) is 5.32 Å². The van der Waals surface area contributed by atoms with Gasteiger partial charge in [0.25, 0.3) is 0 Å². The number of amides is 2. The number of benzene rings is 3. The Morgan fingerprint density at radius 3 is 2.23 bits per heavy atom. The lowest BCUT2D eigenvalue weighted by molar-refractivity contribution is -0.141. The van der Waals surface area contributed by atoms with Crippen molar-refractivity contribution in [1.29, 1.82) is 0 Å². The summed E-state index contributed by atoms with van der Waals surface area (Å²) in [6.07, 6.45) is 5.40. The number of rotatable bonds is 12. The number of carbonyl (C=O) groups excluding carboxylic acids is 2. The van der Waals surface area contributed by atoms with Crippen molar-refractivity contribution in [1.82, 2.24) is 10.2 Å². The Morgan fingerprint density at radius 1 is 0.897 bits per heavy atom. The van der Waals surface area contributed by atoms with Gasteiger partial charge in [0.1, 0.15) is 6.04 Å². The molecule has 0 bridgehead atoms. The maximum Gasteiger partial charge on any atom is 0.243 e. The van der Waals surface area contributed by atoms with Crippen molar-refractivity contribution in [3.63, 3.8) is 0 Å². The van der Waals surface area contributed by atoms with Crippen LogP contribution in [0.25, 0.3) is 0 Å². The maximum absolute atomic E-state index is 13.9. The summed E-state index contributed by atoms with van der Waals surface area (Å²) in [5.74, 6) is 1.09. The highest BCUT2D eigenvalue weighted by atomic mass is 35.5. The lowest BCUT2D eigenvalue weighted by Gasteiger charge is -2.32. The Bertz CT molecular complexity index is 1230. The molecule has 1 N–H and O–H groups in total. The molecule has 0 spiro atoms. The van der Waals surface area contributed by atoms with Gasteiger partial charge >= 0.3 is 0 Å². The number of halogens is 1. The second-order valence-electron chi connectivity index (χ2n) is 10.0. The van der Waals surface area contributed by atoms with Gasteiger partial charge in [0.2, 0.25) is 11.8 Å². The third-order valence-electron chi connectivity index (χ3n) is 7.31. The third kappa shape index (κ3) is 7.99. The van der Waals surface area contributed by atoms with Gasteiger partial charge in [-0.1, -0.05) is 73.0 Å². The summed E-state index contributed by atoms with van der Waals surface area (Å²) in [5.41, 5.74) is 2.89. The minimum Gasteiger partial charge on any atom is -0.493 e. The predicted molar refractivity (Wildman–Crippen MR) is 154 cm³/mol. The summed E-state index contributed by atoms with van der Waals surface area (Å²) in [7, 11) is 3.19. The molecule has 206 valence electrons. The quantitative estimate of drug-likeness (QED) is 0.302. The molecule has 39 heavy (non-hydrogen) atoms. The highest BCUT2D eigenvalue weighted by Gasteiger charge is 2.32. The normalized spacial score (nSPS) is 14.0. The first-order valence-corrected chi connectivity index (χ1v) is 13.9. The molecule has 1 aliphatic rings. The fourth-order valence-corrected chi connectivity index (χ4v) is 5.27. The van der Waals surface area contributed by atoms with Crippen LogP contribution in [0.3, 0.4) is 0 Å². The number of carbonyl (C=O) groups is 2. The molecule has 0 saturated heterocycles. The molecule has 0 heterocycles. The van der Waals surface area contributed by atoms with Crippen LogP contribution in [0, 0.1) is 0 Å². The smallest absolute Gasteiger partial charge is 0.243 e. The molecule has 6 nitrogen and oxygen atoms in total. The zero-order valence-electron chi connectivity index (χ0n) is 22.7. The molecule has 0 aliphatic heterocycles. The Hall–Kier alpha value is -3.51. The molecule has 7 heteroatoms. The molecule has 0 radical (unpaired) electrons. The van der Waals surface area contributed by atoms with E-state index < -0.39 is 6.04 Å². The summed E-state index contributed by atoms with van der Waals surface area (Å²) >= 11 is 6.13. The highest BCUT2D eigenvalue weighted by Crippen LogP contribution is 2.28. The summed E-state index contributed by atoms with van der Waals surface area (Å²) in [6.45, 7) is 0.317. The zero-order chi connectivity index (χ0) is 27.6. The van der Waals surface area contributed by atoms with E-state index in [9.17, 15) is 9.59 Å². The molecular formula is C32H37ClN2O4. The summed E-state index contributed by atoms with van der Waals surface area (Å²) < 4.78 is 10.8. The van der Waals surface area contributed by atoms with Crippen LogP contribution >= 0.6 is 11.6 Å². The first kappa shape index (κ1) is 28.5. The van der Waals surface area contributed by atoms with Gasteiger partial charge in [-0.2, -0.15) is 0 Å². The van der Waals surface area contributed by atoms with E-state index in [-0.39, 0.29) is 24.3 Å². The van der Waals surface area contributed by atoms with Crippen LogP contribution in [-0.2, 0) is 29.0 Å². The molecule has 3 aromatic rings. The lowest BCUT2D eigenvalue weighted by Crippen LogP contribution is -2.52. The molecule has 3 aromatic carbocycles. The predicted octanol–water partition coefficient (Wildman–Crippen LogP) is 5.99. The van der Waals surface area contributed by atoms with Gasteiger partial charge in [0, 0.05) is 30.5 Å². The van der Waals surface area contributed by atoms with E-state index in [0.29, 0.717) is 35.9 Å². The minimum absolute atomic E-state index is 0.0813. The van der Waals surface area contributed by atoms with E-state index in [0.717, 1.165) is 42.4 Å². The van der Waals surface area contributed by atoms with Crippen molar-refractivity contribution in [2.75, 3.05) is 14.2 Å². The SMILES string of the molecule is COc1ccc(CCC(=O)N(Cc2ccc(Cl)cc2)C(Cc2ccccc2)C(=O)NC2CCCC2)cc1OC. The lowest BCUT2D eigenvalue weighted by atomic mass is 10.0. The molecule has 1 saturated carbocycles. The van der Waals surface area contributed by atoms with E-state index in [1.807, 2.05) is 72.8 Å². The number of nitrogens with zero attached hydrogens (tertiary/aromatic N) is 1. The fraction of sp³-hybridized carbons (Fsp3) is 0.375. The van der Waals surface area contributed by atoms with Crippen molar-refractivity contribution in [2.45, 2.75) is 63.6 Å². The van der Waals surface area contributed by atoms with Crippen molar-refractivity contribution in [3.05, 3.63) is 94.5 Å². The second-order valence-corrected chi connectivity index (χ2v) is 10.5. The molecule has 1 atom stereocenters. The Balaban J connectivity index is 1.60. The van der Waals surface area contributed by atoms with Gasteiger partial charge in [-0.3, -0.25) is 9.59 Å². The standard InChI is InChI=1S/C32H37ClN2O4/c1-38-29-18-14-24(21-30(29)39-2)15-19-31(36)35(22-25-12-16-26(33)17-13-25)28(20-23-8-4-3-5-9-23)32(37)34-27-10-6-7-11-27/h3-5,8-9,12-14,16-18,21,27-28H,6-7,10-11,15,19-20,22H2,1-2H3,(H,34,37). The largest absolute Gasteiger partial charge is 0.493 e. The van der Waals surface area contributed by atoms with Crippen molar-refractivity contribution < 1.29 is 19.1 Å². The Morgan fingerprint density at radius 2 is 1.56 bits per heavy atom. The van der Waals surface area contributed by atoms with Gasteiger partial charge in [0.15, 0.2) is 11.5 Å². The second kappa shape index (κ2) is 14.0. The summed E-state index contributed by atoms with van der Waals surface area (Å²) in [5, 5.41) is 3.88. The van der Waals surface area contributed by atoms with Crippen LogP contribution in [0.1, 0.15) is 48.8 Å². The van der Waals surface area contributed by atoms with Crippen molar-refractivity contribution in [2.24, 2.45) is 0 Å². The average Bonchev–Trinajstić information content (AvgIpc) is 3.48. The van der Waals surface area contributed by atoms with Crippen LogP contribution in [0.5, 0.6) is 11.5 Å². The monoisotopic (exact) mass is 548 g/mol. The van der Waals surface area contributed by atoms with Crippen LogP contribution in [0.2, 0.25) is 5.02 Å². The number of nitrogens with one attached hydrogen (secondary N) is 1. The Kier molecular flexibility index (Phi) is 10.3. The minimum atomic E-state index is -0.637. The van der Waals surface area contributed by atoms with Gasteiger partial charge in [-0.15, -0.1) is 0 Å². The van der Waals surface area contributed by atoms with Crippen LogP contribution in [0.15, 0.2) is 72.8 Å². The molecule has 4 rings (SSSR count). The topological polar surface area (TPSA) is 67.9 Å². The molecular weight excluding hydrogens is 512 g/mol. The van der Waals surface area contributed by atoms with Gasteiger partial charge in [-0.05, 0) is 60.2 Å². The summed E-state index contributed by atoms with van der Waals surface area (Å²) in [6, 6.07) is 22.5. The Labute approximate surface area is 236 Å². The molecule has 1 unspecified atom stereocenters. The number of hydrogen-bond donors (Lipinski definition) is 1. The molecule has 1 fully saturated rings. The van der Waals surface area contributed by atoms with Crippen molar-refractivity contribution in [3.8, 4) is 11.5 Å². The van der Waals surface area contributed by atoms with Crippen LogP contribution in [0.4, 0.5) is 0 Å². The third-order valence-corrected chi connectivity index (χ3v) is 7.57. The van der Waals surface area contributed by atoms with E-state index in [4.69, 9.17) is 21.1 Å². The molecule has 0 aromatic heterocycles. The van der Waals surface area contributed by atoms with Gasteiger partial charge < -0.3 is 19.7 Å². The first-order valence-electron chi connectivity index (χ1n) is 13.6. The maximum atomic E-state index is 13.9. The van der Waals surface area contributed by atoms with Gasteiger partial charge in [-0.25, -0.2) is 0 Å². The van der Waals surface area contributed by atoms with Crippen molar-refractivity contribution >= 4 is 23.4 Å². The number of aryl methyl sites for hydroxylation is 1. The highest BCUT2D eigenvalue weighted by molar-refractivity contribution is 6.30. The first-order chi connectivity index (χ1) is 19.0. The van der Waals surface area contributed by atoms with Crippen LogP contribution in [-0.4, -0.2) is 43.0 Å². The number of ether oxygens (including phenoxy) is 2.